The van der Waals surface area contributed by atoms with E-state index in [1.165, 1.54) is 11.8 Å². The van der Waals surface area contributed by atoms with Crippen LogP contribution in [0.15, 0.2) is 60.0 Å². The van der Waals surface area contributed by atoms with E-state index in [-0.39, 0.29) is 23.6 Å². The predicted molar refractivity (Wildman–Crippen MR) is 115 cm³/mol. The quantitative estimate of drug-likeness (QED) is 0.558. The van der Waals surface area contributed by atoms with E-state index in [0.29, 0.717) is 21.4 Å². The highest BCUT2D eigenvalue weighted by atomic mass is 35.5. The first-order chi connectivity index (χ1) is 13.9. The molecule has 2 amide bonds. The first-order valence-corrected chi connectivity index (χ1v) is 10.3. The van der Waals surface area contributed by atoms with Gasteiger partial charge in [-0.3, -0.25) is 14.2 Å². The normalized spacial score (nSPS) is 10.8. The molecule has 3 rings (SSSR count). The lowest BCUT2D eigenvalue weighted by atomic mass is 10.1. The predicted octanol–water partition coefficient (Wildman–Crippen LogP) is 3.79. The number of anilines is 1. The topological polar surface area (TPSA) is 88.9 Å². The summed E-state index contributed by atoms with van der Waals surface area (Å²) in [6, 6.07) is 14.2. The lowest BCUT2D eigenvalue weighted by molar-refractivity contribution is -0.113. The average molecular weight is 430 g/mol. The minimum Gasteiger partial charge on any atom is -0.350 e. The molecule has 3 aromatic rings. The van der Waals surface area contributed by atoms with Gasteiger partial charge >= 0.3 is 0 Å². The molecule has 1 aromatic heterocycles. The number of nitrogens with one attached hydrogen (secondary N) is 2. The van der Waals surface area contributed by atoms with Crippen LogP contribution in [-0.4, -0.2) is 38.4 Å². The van der Waals surface area contributed by atoms with E-state index < -0.39 is 0 Å². The van der Waals surface area contributed by atoms with Crippen molar-refractivity contribution in [3.8, 4) is 5.69 Å². The molecular weight excluding hydrogens is 410 g/mol. The van der Waals surface area contributed by atoms with Crippen LogP contribution in [0.5, 0.6) is 0 Å². The lowest BCUT2D eigenvalue weighted by Gasteiger charge is -2.13. The number of carbonyl (C=O) groups excluding carboxylic acids is 2. The highest BCUT2D eigenvalue weighted by Crippen LogP contribution is 2.22. The minimum absolute atomic E-state index is 0.000311. The molecule has 0 bridgehead atoms. The number of hydrogen-bond acceptors (Lipinski definition) is 5. The molecule has 2 aromatic carbocycles. The van der Waals surface area contributed by atoms with Crippen molar-refractivity contribution >= 4 is 40.9 Å². The molecule has 150 valence electrons. The molecule has 0 aliphatic heterocycles. The number of nitrogens with zero attached hydrogens (tertiary/aromatic N) is 3. The van der Waals surface area contributed by atoms with Crippen molar-refractivity contribution < 1.29 is 9.59 Å². The Morgan fingerprint density at radius 3 is 2.72 bits per heavy atom. The number of carbonyl (C=O) groups is 2. The molecule has 7 nitrogen and oxygen atoms in total. The van der Waals surface area contributed by atoms with Gasteiger partial charge in [0.05, 0.1) is 22.7 Å². The molecule has 1 heterocycles. The number of aromatic nitrogens is 3. The third-order valence-electron chi connectivity index (χ3n) is 3.80. The number of benzene rings is 2. The fourth-order valence-electron chi connectivity index (χ4n) is 2.57. The van der Waals surface area contributed by atoms with Crippen molar-refractivity contribution in [1.29, 1.82) is 0 Å². The van der Waals surface area contributed by atoms with Gasteiger partial charge < -0.3 is 10.6 Å². The molecular formula is C20H20ClN5O2S. The average Bonchev–Trinajstić information content (AvgIpc) is 3.15. The number of para-hydroxylation sites is 1. The summed E-state index contributed by atoms with van der Waals surface area (Å²) in [5.74, 6) is -0.371. The summed E-state index contributed by atoms with van der Waals surface area (Å²) >= 11 is 7.29. The summed E-state index contributed by atoms with van der Waals surface area (Å²) in [5, 5.41) is 14.8. The van der Waals surface area contributed by atoms with E-state index in [1.807, 2.05) is 26.0 Å². The van der Waals surface area contributed by atoms with Gasteiger partial charge in [0.2, 0.25) is 5.91 Å². The second-order valence-corrected chi connectivity index (χ2v) is 7.85. The maximum absolute atomic E-state index is 12.5. The summed E-state index contributed by atoms with van der Waals surface area (Å²) in [4.78, 5) is 24.8. The fraction of sp³-hybridized carbons (Fsp3) is 0.200. The molecule has 2 N–H and O–H groups in total. The molecule has 0 atom stereocenters. The smallest absolute Gasteiger partial charge is 0.253 e. The van der Waals surface area contributed by atoms with Gasteiger partial charge in [-0.25, -0.2) is 0 Å². The molecule has 0 aliphatic rings. The largest absolute Gasteiger partial charge is 0.350 e. The molecule has 9 heteroatoms. The number of rotatable bonds is 7. The van der Waals surface area contributed by atoms with Crippen LogP contribution in [0.3, 0.4) is 0 Å². The molecule has 29 heavy (non-hydrogen) atoms. The van der Waals surface area contributed by atoms with Gasteiger partial charge in [0, 0.05) is 11.1 Å². The Balaban J connectivity index is 1.67. The monoisotopic (exact) mass is 429 g/mol. The Morgan fingerprint density at radius 2 is 1.97 bits per heavy atom. The van der Waals surface area contributed by atoms with Gasteiger partial charge in [-0.1, -0.05) is 41.6 Å². The van der Waals surface area contributed by atoms with Crippen LogP contribution in [0.1, 0.15) is 24.2 Å². The summed E-state index contributed by atoms with van der Waals surface area (Å²) in [6.07, 6.45) is 1.57. The second-order valence-electron chi connectivity index (χ2n) is 6.47. The number of thioether (sulfide) groups is 1. The zero-order valence-corrected chi connectivity index (χ0v) is 17.5. The van der Waals surface area contributed by atoms with Crippen LogP contribution >= 0.6 is 23.4 Å². The van der Waals surface area contributed by atoms with E-state index in [4.69, 9.17) is 11.6 Å². The molecule has 0 unspecified atom stereocenters. The zero-order valence-electron chi connectivity index (χ0n) is 15.9. The van der Waals surface area contributed by atoms with E-state index in [9.17, 15) is 9.59 Å². The summed E-state index contributed by atoms with van der Waals surface area (Å²) in [7, 11) is 0. The standard InChI is InChI=1S/C20H20ClN5O2S/c1-13(2)23-19(28)16-8-3-4-9-17(16)24-18(27)11-29-20-25-22-12-26(20)15-7-5-6-14(21)10-15/h3-10,12-13H,11H2,1-2H3,(H,23,28)(H,24,27). The molecule has 0 radical (unpaired) electrons. The Kier molecular flexibility index (Phi) is 6.90. The van der Waals surface area contributed by atoms with Crippen LogP contribution in [0.4, 0.5) is 5.69 Å². The molecule has 0 saturated carbocycles. The summed E-state index contributed by atoms with van der Waals surface area (Å²) in [6.45, 7) is 3.76. The molecule has 0 spiro atoms. The summed E-state index contributed by atoms with van der Waals surface area (Å²) in [5.41, 5.74) is 1.69. The van der Waals surface area contributed by atoms with Crippen molar-refractivity contribution in [3.05, 3.63) is 65.4 Å². The van der Waals surface area contributed by atoms with Crippen LogP contribution in [0.2, 0.25) is 5.02 Å². The number of amides is 2. The van der Waals surface area contributed by atoms with Crippen LogP contribution in [0.25, 0.3) is 5.69 Å². The van der Waals surface area contributed by atoms with Crippen molar-refractivity contribution in [2.45, 2.75) is 25.0 Å². The fourth-order valence-corrected chi connectivity index (χ4v) is 3.49. The van der Waals surface area contributed by atoms with Gasteiger partial charge in [0.1, 0.15) is 6.33 Å². The minimum atomic E-state index is -0.250. The Labute approximate surface area is 177 Å². The van der Waals surface area contributed by atoms with Gasteiger partial charge in [0.25, 0.3) is 5.91 Å². The van der Waals surface area contributed by atoms with Gasteiger partial charge in [0.15, 0.2) is 5.16 Å². The SMILES string of the molecule is CC(C)NC(=O)c1ccccc1NC(=O)CSc1nncn1-c1cccc(Cl)c1. The third-order valence-corrected chi connectivity index (χ3v) is 4.98. The Bertz CT molecular complexity index is 1020. The van der Waals surface area contributed by atoms with Crippen molar-refractivity contribution in [3.63, 3.8) is 0 Å². The van der Waals surface area contributed by atoms with Crippen molar-refractivity contribution in [2.24, 2.45) is 0 Å². The van der Waals surface area contributed by atoms with Gasteiger partial charge in [-0.05, 0) is 44.2 Å². The summed E-state index contributed by atoms with van der Waals surface area (Å²) < 4.78 is 1.76. The van der Waals surface area contributed by atoms with Gasteiger partial charge in [-0.2, -0.15) is 0 Å². The highest BCUT2D eigenvalue weighted by Gasteiger charge is 2.15. The Hall–Kier alpha value is -2.84. The maximum atomic E-state index is 12.5. The Morgan fingerprint density at radius 1 is 1.17 bits per heavy atom. The lowest BCUT2D eigenvalue weighted by Crippen LogP contribution is -2.31. The van der Waals surface area contributed by atoms with E-state index in [2.05, 4.69) is 20.8 Å². The zero-order chi connectivity index (χ0) is 20.8. The third kappa shape index (κ3) is 5.58. The van der Waals surface area contributed by atoms with Crippen LogP contribution in [-0.2, 0) is 4.79 Å². The van der Waals surface area contributed by atoms with Crippen molar-refractivity contribution in [1.82, 2.24) is 20.1 Å². The number of halogens is 1. The van der Waals surface area contributed by atoms with Gasteiger partial charge in [-0.15, -0.1) is 10.2 Å². The molecule has 0 saturated heterocycles. The van der Waals surface area contributed by atoms with E-state index in [0.717, 1.165) is 5.69 Å². The van der Waals surface area contributed by atoms with Crippen molar-refractivity contribution in [2.75, 3.05) is 11.1 Å². The van der Waals surface area contributed by atoms with E-state index >= 15 is 0 Å². The highest BCUT2D eigenvalue weighted by molar-refractivity contribution is 7.99. The molecule has 0 aliphatic carbocycles. The van der Waals surface area contributed by atoms with Crippen LogP contribution < -0.4 is 10.6 Å². The number of hydrogen-bond donors (Lipinski definition) is 2. The van der Waals surface area contributed by atoms with Crippen LogP contribution in [0, 0.1) is 0 Å². The maximum Gasteiger partial charge on any atom is 0.253 e. The van der Waals surface area contributed by atoms with E-state index in [1.54, 1.807) is 47.3 Å². The first kappa shape index (κ1) is 20.9. The second kappa shape index (κ2) is 9.58. The first-order valence-electron chi connectivity index (χ1n) is 8.92. The molecule has 0 fully saturated rings.